The summed E-state index contributed by atoms with van der Waals surface area (Å²) in [5.74, 6) is -1.69. The number of carbonyl (C=O) groups excluding carboxylic acids is 1. The van der Waals surface area contributed by atoms with Gasteiger partial charge >= 0.3 is 12.2 Å². The lowest BCUT2D eigenvalue weighted by atomic mass is 9.97. The van der Waals surface area contributed by atoms with Crippen molar-refractivity contribution in [3.8, 4) is 11.1 Å². The number of alkyl halides is 3. The number of carbonyl (C=O) groups is 1. The average molecular weight is 463 g/mol. The summed E-state index contributed by atoms with van der Waals surface area (Å²) in [6.07, 6.45) is -1.65. The molecule has 2 amide bonds. The Morgan fingerprint density at radius 2 is 1.70 bits per heavy atom. The molecular weight excluding hydrogens is 445 g/mol. The standard InChI is InChI=1S/C22H18F5N5O/c1-11-9-30-10-14(19(11)20(28)29-2)12-3-6-17(16(24)7-12)31-21(33)32-18-8-13(22(25,26)27)4-5-15(18)23/h3-10H,1-2H3,(H2,28,29)(H2,31,32,33). The number of aryl methyl sites for hydroxylation is 1. The van der Waals surface area contributed by atoms with E-state index in [2.05, 4.69) is 15.3 Å². The van der Waals surface area contributed by atoms with Crippen LogP contribution >= 0.6 is 0 Å². The maximum Gasteiger partial charge on any atom is 0.416 e. The summed E-state index contributed by atoms with van der Waals surface area (Å²) in [4.78, 5) is 20.2. The third-order valence-corrected chi connectivity index (χ3v) is 4.70. The van der Waals surface area contributed by atoms with Crippen LogP contribution in [0, 0.1) is 18.6 Å². The molecule has 0 unspecified atom stereocenters. The molecule has 0 saturated carbocycles. The second kappa shape index (κ2) is 9.23. The van der Waals surface area contributed by atoms with Crippen LogP contribution in [0.3, 0.4) is 0 Å². The summed E-state index contributed by atoms with van der Waals surface area (Å²) in [5.41, 5.74) is 6.04. The highest BCUT2D eigenvalue weighted by molar-refractivity contribution is 6.04. The minimum Gasteiger partial charge on any atom is -0.383 e. The molecule has 0 aliphatic carbocycles. The molecule has 0 fully saturated rings. The Morgan fingerprint density at radius 3 is 2.33 bits per heavy atom. The number of nitrogens with two attached hydrogens (primary N) is 1. The third-order valence-electron chi connectivity index (χ3n) is 4.70. The molecule has 33 heavy (non-hydrogen) atoms. The van der Waals surface area contributed by atoms with Crippen LogP contribution in [0.1, 0.15) is 16.7 Å². The molecule has 0 saturated heterocycles. The minimum atomic E-state index is -4.72. The van der Waals surface area contributed by atoms with Crippen molar-refractivity contribution in [2.45, 2.75) is 13.1 Å². The van der Waals surface area contributed by atoms with Gasteiger partial charge in [0, 0.05) is 30.6 Å². The Hall–Kier alpha value is -4.02. The lowest BCUT2D eigenvalue weighted by Gasteiger charge is -2.14. The second-order valence-corrected chi connectivity index (χ2v) is 6.95. The highest BCUT2D eigenvalue weighted by Crippen LogP contribution is 2.32. The van der Waals surface area contributed by atoms with Gasteiger partial charge in [-0.25, -0.2) is 13.6 Å². The number of nitrogens with one attached hydrogen (secondary N) is 2. The lowest BCUT2D eigenvalue weighted by molar-refractivity contribution is -0.137. The Labute approximate surface area is 185 Å². The number of anilines is 2. The summed E-state index contributed by atoms with van der Waals surface area (Å²) in [6.45, 7) is 1.77. The van der Waals surface area contributed by atoms with Gasteiger partial charge in [-0.1, -0.05) is 6.07 Å². The predicted octanol–water partition coefficient (Wildman–Crippen LogP) is 5.33. The smallest absolute Gasteiger partial charge is 0.383 e. The monoisotopic (exact) mass is 463 g/mol. The summed E-state index contributed by atoms with van der Waals surface area (Å²) >= 11 is 0. The third kappa shape index (κ3) is 5.25. The van der Waals surface area contributed by atoms with E-state index in [9.17, 15) is 26.7 Å². The first-order chi connectivity index (χ1) is 15.5. The first-order valence-corrected chi connectivity index (χ1v) is 9.43. The zero-order valence-electron chi connectivity index (χ0n) is 17.4. The number of pyridine rings is 1. The molecule has 0 aliphatic heterocycles. The number of benzene rings is 2. The maximum atomic E-state index is 14.7. The number of amides is 2. The molecule has 172 valence electrons. The molecule has 0 atom stereocenters. The van der Waals surface area contributed by atoms with E-state index >= 15 is 0 Å². The zero-order valence-corrected chi connectivity index (χ0v) is 17.4. The molecule has 1 aromatic heterocycles. The van der Waals surface area contributed by atoms with Crippen LogP contribution in [-0.2, 0) is 6.18 Å². The van der Waals surface area contributed by atoms with E-state index in [1.54, 1.807) is 13.1 Å². The molecule has 0 radical (unpaired) electrons. The molecule has 2 aromatic carbocycles. The fourth-order valence-corrected chi connectivity index (χ4v) is 3.09. The quantitative estimate of drug-likeness (QED) is 0.277. The SMILES string of the molecule is CN=C(N)c1c(C)cncc1-c1ccc(NC(=O)Nc2cc(C(F)(F)F)ccc2F)c(F)c1. The van der Waals surface area contributed by atoms with Crippen LogP contribution in [0.4, 0.5) is 38.1 Å². The Kier molecular flexibility index (Phi) is 6.61. The van der Waals surface area contributed by atoms with Gasteiger partial charge in [-0.05, 0) is 48.4 Å². The number of urea groups is 1. The van der Waals surface area contributed by atoms with Crippen molar-refractivity contribution in [3.05, 3.63) is 77.1 Å². The predicted molar refractivity (Wildman–Crippen MR) is 115 cm³/mol. The fourth-order valence-electron chi connectivity index (χ4n) is 3.09. The van der Waals surface area contributed by atoms with Crippen molar-refractivity contribution in [3.63, 3.8) is 0 Å². The van der Waals surface area contributed by atoms with E-state index < -0.39 is 35.1 Å². The highest BCUT2D eigenvalue weighted by atomic mass is 19.4. The molecule has 11 heteroatoms. The van der Waals surface area contributed by atoms with Crippen LogP contribution < -0.4 is 16.4 Å². The summed E-state index contributed by atoms with van der Waals surface area (Å²) in [5, 5.41) is 4.10. The van der Waals surface area contributed by atoms with Gasteiger partial charge in [-0.2, -0.15) is 13.2 Å². The molecular formula is C22H18F5N5O. The molecule has 1 heterocycles. The first kappa shape index (κ1) is 23.6. The average Bonchev–Trinajstić information content (AvgIpc) is 2.75. The van der Waals surface area contributed by atoms with Crippen LogP contribution in [-0.4, -0.2) is 23.9 Å². The Balaban J connectivity index is 1.84. The largest absolute Gasteiger partial charge is 0.416 e. The van der Waals surface area contributed by atoms with Crippen molar-refractivity contribution in [2.24, 2.45) is 10.7 Å². The van der Waals surface area contributed by atoms with Gasteiger partial charge in [-0.3, -0.25) is 9.98 Å². The van der Waals surface area contributed by atoms with Gasteiger partial charge in [0.1, 0.15) is 17.5 Å². The van der Waals surface area contributed by atoms with E-state index in [0.29, 0.717) is 34.9 Å². The number of amidine groups is 1. The van der Waals surface area contributed by atoms with Crippen molar-refractivity contribution in [1.82, 2.24) is 4.98 Å². The van der Waals surface area contributed by atoms with Gasteiger partial charge in [0.25, 0.3) is 0 Å². The molecule has 0 spiro atoms. The summed E-state index contributed by atoms with van der Waals surface area (Å²) < 4.78 is 67.0. The first-order valence-electron chi connectivity index (χ1n) is 9.43. The van der Waals surface area contributed by atoms with Crippen molar-refractivity contribution >= 4 is 23.2 Å². The van der Waals surface area contributed by atoms with E-state index in [1.807, 2.05) is 5.32 Å². The van der Waals surface area contributed by atoms with Gasteiger partial charge < -0.3 is 16.4 Å². The Morgan fingerprint density at radius 1 is 1.00 bits per heavy atom. The maximum absolute atomic E-state index is 14.7. The zero-order chi connectivity index (χ0) is 24.3. The normalized spacial score (nSPS) is 11.9. The minimum absolute atomic E-state index is 0.231. The van der Waals surface area contributed by atoms with Crippen molar-refractivity contribution < 1.29 is 26.7 Å². The van der Waals surface area contributed by atoms with Crippen molar-refractivity contribution in [2.75, 3.05) is 17.7 Å². The van der Waals surface area contributed by atoms with E-state index in [0.717, 1.165) is 11.6 Å². The van der Waals surface area contributed by atoms with Crippen LogP contribution in [0.2, 0.25) is 0 Å². The summed E-state index contributed by atoms with van der Waals surface area (Å²) in [6, 6.07) is 4.31. The van der Waals surface area contributed by atoms with E-state index in [-0.39, 0.29) is 11.5 Å². The van der Waals surface area contributed by atoms with Gasteiger partial charge in [-0.15, -0.1) is 0 Å². The van der Waals surface area contributed by atoms with E-state index in [1.165, 1.54) is 25.4 Å². The molecule has 0 bridgehead atoms. The number of nitrogens with zero attached hydrogens (tertiary/aromatic N) is 2. The molecule has 6 nitrogen and oxygen atoms in total. The van der Waals surface area contributed by atoms with Gasteiger partial charge in [0.15, 0.2) is 0 Å². The lowest BCUT2D eigenvalue weighted by Crippen LogP contribution is -2.21. The molecule has 3 rings (SSSR count). The molecule has 3 aromatic rings. The number of aliphatic imine (C=N–C) groups is 1. The number of aromatic nitrogens is 1. The number of halogens is 5. The molecule has 0 aliphatic rings. The van der Waals surface area contributed by atoms with Crippen LogP contribution in [0.25, 0.3) is 11.1 Å². The number of rotatable bonds is 4. The van der Waals surface area contributed by atoms with E-state index in [4.69, 9.17) is 5.73 Å². The number of hydrogen-bond donors (Lipinski definition) is 3. The fraction of sp³-hybridized carbons (Fsp3) is 0.136. The number of hydrogen-bond acceptors (Lipinski definition) is 3. The topological polar surface area (TPSA) is 92.4 Å². The highest BCUT2D eigenvalue weighted by Gasteiger charge is 2.31. The van der Waals surface area contributed by atoms with Gasteiger partial charge in [0.2, 0.25) is 0 Å². The van der Waals surface area contributed by atoms with Crippen LogP contribution in [0.15, 0.2) is 53.8 Å². The Bertz CT molecular complexity index is 1240. The van der Waals surface area contributed by atoms with Crippen LogP contribution in [0.5, 0.6) is 0 Å². The second-order valence-electron chi connectivity index (χ2n) is 6.95. The molecule has 4 N–H and O–H groups in total. The van der Waals surface area contributed by atoms with Gasteiger partial charge in [0.05, 0.1) is 16.9 Å². The summed E-state index contributed by atoms with van der Waals surface area (Å²) in [7, 11) is 1.51. The van der Waals surface area contributed by atoms with Crippen molar-refractivity contribution in [1.29, 1.82) is 0 Å².